The Morgan fingerprint density at radius 1 is 0.971 bits per heavy atom. The zero-order valence-corrected chi connectivity index (χ0v) is 21.6. The number of carbonyl (C=O) groups is 3. The van der Waals surface area contributed by atoms with Crippen molar-refractivity contribution in [3.63, 3.8) is 0 Å². The molecule has 2 aromatic rings. The van der Waals surface area contributed by atoms with Crippen molar-refractivity contribution >= 4 is 40.8 Å². The molecule has 1 fully saturated rings. The van der Waals surface area contributed by atoms with Crippen molar-refractivity contribution in [2.24, 2.45) is 11.8 Å². The molecule has 1 saturated carbocycles. The van der Waals surface area contributed by atoms with Crippen molar-refractivity contribution in [3.8, 4) is 0 Å². The summed E-state index contributed by atoms with van der Waals surface area (Å²) in [6.45, 7) is 3.40. The Bertz CT molecular complexity index is 1050. The highest BCUT2D eigenvalue weighted by Gasteiger charge is 2.31. The number of halogens is 1. The maximum atomic E-state index is 13.0. The summed E-state index contributed by atoms with van der Waals surface area (Å²) in [4.78, 5) is 46.7. The third-order valence-corrected chi connectivity index (χ3v) is 6.58. The molecule has 1 aliphatic rings. The number of nitrogens with zero attached hydrogens (tertiary/aromatic N) is 3. The van der Waals surface area contributed by atoms with E-state index in [0.29, 0.717) is 54.3 Å². The standard InChI is InChI=1S/C26H34ClN5O3/c1-17-5-11-22(21(15-17)25(34)30-23-12-10-20(27)16-28-23)29-24(33)18-6-8-19(9-7-18)26(35)32(4)14-13-31(2)3/h5,10-12,15-16,18-19H,6-9,13-14H2,1-4H3,(H,29,33)(H,28,30,34). The largest absolute Gasteiger partial charge is 0.344 e. The summed E-state index contributed by atoms with van der Waals surface area (Å²) in [7, 11) is 5.81. The van der Waals surface area contributed by atoms with Gasteiger partial charge in [0.2, 0.25) is 11.8 Å². The Hall–Kier alpha value is -2.97. The van der Waals surface area contributed by atoms with Gasteiger partial charge >= 0.3 is 0 Å². The van der Waals surface area contributed by atoms with Gasteiger partial charge in [-0.1, -0.05) is 23.2 Å². The Balaban J connectivity index is 1.60. The zero-order chi connectivity index (χ0) is 25.5. The van der Waals surface area contributed by atoms with Gasteiger partial charge < -0.3 is 20.4 Å². The van der Waals surface area contributed by atoms with E-state index in [1.54, 1.807) is 29.2 Å². The number of hydrogen-bond donors (Lipinski definition) is 2. The highest BCUT2D eigenvalue weighted by molar-refractivity contribution is 6.30. The van der Waals surface area contributed by atoms with Crippen LogP contribution >= 0.6 is 11.6 Å². The second-order valence-corrected chi connectivity index (χ2v) is 9.90. The average Bonchev–Trinajstić information content (AvgIpc) is 2.84. The molecule has 0 radical (unpaired) electrons. The van der Waals surface area contributed by atoms with Crippen molar-refractivity contribution in [3.05, 3.63) is 52.7 Å². The predicted octanol–water partition coefficient (Wildman–Crippen LogP) is 4.06. The SMILES string of the molecule is Cc1ccc(NC(=O)C2CCC(C(=O)N(C)CCN(C)C)CC2)c(C(=O)Nc2ccc(Cl)cn2)c1. The fourth-order valence-electron chi connectivity index (χ4n) is 4.20. The van der Waals surface area contributed by atoms with E-state index in [0.717, 1.165) is 12.1 Å². The van der Waals surface area contributed by atoms with Gasteiger partial charge in [0.1, 0.15) is 5.82 Å². The molecule has 1 aliphatic carbocycles. The molecule has 0 bridgehead atoms. The smallest absolute Gasteiger partial charge is 0.258 e. The van der Waals surface area contributed by atoms with Gasteiger partial charge in [-0.05, 0) is 71.0 Å². The van der Waals surface area contributed by atoms with Gasteiger partial charge in [0.05, 0.1) is 16.3 Å². The van der Waals surface area contributed by atoms with Crippen LogP contribution in [0.4, 0.5) is 11.5 Å². The molecule has 1 heterocycles. The first-order valence-corrected chi connectivity index (χ1v) is 12.3. The lowest BCUT2D eigenvalue weighted by molar-refractivity contribution is -0.136. The summed E-state index contributed by atoms with van der Waals surface area (Å²) < 4.78 is 0. The van der Waals surface area contributed by atoms with Crippen LogP contribution in [-0.2, 0) is 9.59 Å². The number of anilines is 2. The number of carbonyl (C=O) groups excluding carboxylic acids is 3. The second-order valence-electron chi connectivity index (χ2n) is 9.47. The molecule has 35 heavy (non-hydrogen) atoms. The Morgan fingerprint density at radius 3 is 2.29 bits per heavy atom. The maximum Gasteiger partial charge on any atom is 0.258 e. The molecule has 3 amide bonds. The van der Waals surface area contributed by atoms with E-state index in [1.807, 2.05) is 34.1 Å². The summed E-state index contributed by atoms with van der Waals surface area (Å²) in [6.07, 6.45) is 4.12. The molecule has 3 rings (SSSR count). The van der Waals surface area contributed by atoms with E-state index >= 15 is 0 Å². The Morgan fingerprint density at radius 2 is 1.66 bits per heavy atom. The number of hydrogen-bond acceptors (Lipinski definition) is 5. The topological polar surface area (TPSA) is 94.6 Å². The van der Waals surface area contributed by atoms with Crippen LogP contribution in [0.1, 0.15) is 41.6 Å². The first kappa shape index (κ1) is 26.6. The van der Waals surface area contributed by atoms with Crippen LogP contribution in [0.3, 0.4) is 0 Å². The summed E-state index contributed by atoms with van der Waals surface area (Å²) in [5.74, 6) is -0.205. The van der Waals surface area contributed by atoms with E-state index in [4.69, 9.17) is 11.6 Å². The van der Waals surface area contributed by atoms with Gasteiger partial charge in [-0.3, -0.25) is 14.4 Å². The highest BCUT2D eigenvalue weighted by Crippen LogP contribution is 2.31. The van der Waals surface area contributed by atoms with E-state index in [-0.39, 0.29) is 29.6 Å². The lowest BCUT2D eigenvalue weighted by atomic mass is 9.81. The summed E-state index contributed by atoms with van der Waals surface area (Å²) in [6, 6.07) is 8.59. The van der Waals surface area contributed by atoms with Crippen LogP contribution in [0.2, 0.25) is 5.02 Å². The highest BCUT2D eigenvalue weighted by atomic mass is 35.5. The molecule has 0 unspecified atom stereocenters. The molecule has 2 N–H and O–H groups in total. The molecule has 0 atom stereocenters. The Kier molecular flexibility index (Phi) is 9.23. The molecule has 0 aliphatic heterocycles. The Labute approximate surface area is 212 Å². The molecule has 9 heteroatoms. The van der Waals surface area contributed by atoms with E-state index < -0.39 is 0 Å². The van der Waals surface area contributed by atoms with E-state index in [2.05, 4.69) is 20.5 Å². The number of amides is 3. The van der Waals surface area contributed by atoms with E-state index in [9.17, 15) is 14.4 Å². The molecule has 1 aromatic carbocycles. The van der Waals surface area contributed by atoms with Gasteiger partial charge in [0.25, 0.3) is 5.91 Å². The molecule has 0 spiro atoms. The first-order valence-electron chi connectivity index (χ1n) is 11.9. The third kappa shape index (κ3) is 7.50. The second kappa shape index (κ2) is 12.1. The van der Waals surface area contributed by atoms with Crippen LogP contribution in [0, 0.1) is 18.8 Å². The summed E-state index contributed by atoms with van der Waals surface area (Å²) in [5, 5.41) is 6.16. The number of pyridine rings is 1. The molecular formula is C26H34ClN5O3. The minimum Gasteiger partial charge on any atom is -0.344 e. The number of likely N-dealkylation sites (N-methyl/N-ethyl adjacent to an activating group) is 2. The van der Waals surface area contributed by atoms with Gasteiger partial charge in [-0.15, -0.1) is 0 Å². The van der Waals surface area contributed by atoms with Crippen molar-refractivity contribution in [1.29, 1.82) is 0 Å². The number of aromatic nitrogens is 1. The lowest BCUT2D eigenvalue weighted by Gasteiger charge is -2.30. The minimum atomic E-state index is -0.367. The fraction of sp³-hybridized carbons (Fsp3) is 0.462. The number of benzene rings is 1. The maximum absolute atomic E-state index is 13.0. The minimum absolute atomic E-state index is 0.0428. The van der Waals surface area contributed by atoms with Crippen LogP contribution < -0.4 is 10.6 Å². The third-order valence-electron chi connectivity index (χ3n) is 6.35. The summed E-state index contributed by atoms with van der Waals surface area (Å²) >= 11 is 5.86. The fourth-order valence-corrected chi connectivity index (χ4v) is 4.31. The van der Waals surface area contributed by atoms with Crippen molar-refractivity contribution < 1.29 is 14.4 Å². The van der Waals surface area contributed by atoms with Gasteiger partial charge in [-0.25, -0.2) is 4.98 Å². The number of rotatable bonds is 8. The normalized spacial score (nSPS) is 17.7. The molecule has 1 aromatic heterocycles. The first-order chi connectivity index (χ1) is 16.6. The molecular weight excluding hydrogens is 466 g/mol. The van der Waals surface area contributed by atoms with Crippen LogP contribution in [0.25, 0.3) is 0 Å². The summed E-state index contributed by atoms with van der Waals surface area (Å²) in [5.41, 5.74) is 1.71. The quantitative estimate of drug-likeness (QED) is 0.571. The predicted molar refractivity (Wildman–Crippen MR) is 139 cm³/mol. The van der Waals surface area contributed by atoms with Crippen molar-refractivity contribution in [1.82, 2.24) is 14.8 Å². The zero-order valence-electron chi connectivity index (χ0n) is 20.8. The average molecular weight is 500 g/mol. The molecule has 0 saturated heterocycles. The monoisotopic (exact) mass is 499 g/mol. The van der Waals surface area contributed by atoms with Crippen LogP contribution in [0.5, 0.6) is 0 Å². The van der Waals surface area contributed by atoms with Crippen molar-refractivity contribution in [2.45, 2.75) is 32.6 Å². The van der Waals surface area contributed by atoms with Gasteiger partial charge in [0, 0.05) is 38.2 Å². The van der Waals surface area contributed by atoms with Gasteiger partial charge in [-0.2, -0.15) is 0 Å². The van der Waals surface area contributed by atoms with E-state index in [1.165, 1.54) is 6.20 Å². The van der Waals surface area contributed by atoms with Crippen LogP contribution in [-0.4, -0.2) is 66.7 Å². The lowest BCUT2D eigenvalue weighted by Crippen LogP contribution is -2.39. The van der Waals surface area contributed by atoms with Gasteiger partial charge in [0.15, 0.2) is 0 Å². The van der Waals surface area contributed by atoms with Crippen molar-refractivity contribution in [2.75, 3.05) is 44.9 Å². The molecule has 188 valence electrons. The van der Waals surface area contributed by atoms with Crippen LogP contribution in [0.15, 0.2) is 36.5 Å². The number of nitrogens with one attached hydrogen (secondary N) is 2. The number of aryl methyl sites for hydroxylation is 1. The molecule has 8 nitrogen and oxygen atoms in total.